The van der Waals surface area contributed by atoms with Crippen LogP contribution in [0.3, 0.4) is 0 Å². The molecule has 0 bridgehead atoms. The molecule has 0 radical (unpaired) electrons. The van der Waals surface area contributed by atoms with E-state index in [1.807, 2.05) is 0 Å². The van der Waals surface area contributed by atoms with E-state index in [0.717, 1.165) is 30.1 Å². The molecule has 24 heavy (non-hydrogen) atoms. The van der Waals surface area contributed by atoms with Crippen LogP contribution < -0.4 is 0 Å². The van der Waals surface area contributed by atoms with Crippen molar-refractivity contribution in [1.82, 2.24) is 0 Å². The third kappa shape index (κ3) is 2.21. The number of rotatable bonds is 2. The standard InChI is InChI=1S/C23H38O/c1-5-15(2)17-9-10-18-16-14-21(24)20-8-6-7-12-22(20,3)19(16)11-13-23(17,18)4/h15-20H,5-14H2,1-4H3/t15-,16+,17-,18+,19+,20?,22-,23-/m1/s1. The highest BCUT2D eigenvalue weighted by atomic mass is 16.1. The van der Waals surface area contributed by atoms with Crippen LogP contribution in [0.1, 0.15) is 91.9 Å². The molecule has 0 saturated heterocycles. The minimum atomic E-state index is 0.341. The summed E-state index contributed by atoms with van der Waals surface area (Å²) in [7, 11) is 0. The highest BCUT2D eigenvalue weighted by molar-refractivity contribution is 5.83. The molecule has 4 aliphatic rings. The molecule has 1 nitrogen and oxygen atoms in total. The molecule has 0 heterocycles. The molecule has 8 atom stereocenters. The Morgan fingerprint density at radius 1 is 1.00 bits per heavy atom. The summed E-state index contributed by atoms with van der Waals surface area (Å²) in [6.45, 7) is 9.96. The Bertz CT molecular complexity index is 510. The largest absolute Gasteiger partial charge is 0.299 e. The first kappa shape index (κ1) is 17.1. The van der Waals surface area contributed by atoms with E-state index in [1.54, 1.807) is 0 Å². The first-order valence-corrected chi connectivity index (χ1v) is 10.9. The highest BCUT2D eigenvalue weighted by Crippen LogP contribution is 2.67. The second-order valence-corrected chi connectivity index (χ2v) is 10.5. The van der Waals surface area contributed by atoms with E-state index in [4.69, 9.17) is 0 Å². The maximum atomic E-state index is 13.1. The average Bonchev–Trinajstić information content (AvgIpc) is 2.91. The van der Waals surface area contributed by atoms with Crippen LogP contribution in [0.15, 0.2) is 0 Å². The van der Waals surface area contributed by atoms with Gasteiger partial charge in [-0.1, -0.05) is 47.0 Å². The van der Waals surface area contributed by atoms with Gasteiger partial charge in [0.25, 0.3) is 0 Å². The van der Waals surface area contributed by atoms with Gasteiger partial charge in [-0.3, -0.25) is 4.79 Å². The molecule has 0 aromatic heterocycles. The Kier molecular flexibility index (Phi) is 4.17. The van der Waals surface area contributed by atoms with Crippen LogP contribution in [0.2, 0.25) is 0 Å². The van der Waals surface area contributed by atoms with Crippen molar-refractivity contribution in [3.63, 3.8) is 0 Å². The number of hydrogen-bond donors (Lipinski definition) is 0. The molecule has 136 valence electrons. The van der Waals surface area contributed by atoms with E-state index in [9.17, 15) is 4.79 Å². The van der Waals surface area contributed by atoms with Crippen LogP contribution in [0, 0.1) is 46.3 Å². The van der Waals surface area contributed by atoms with E-state index in [1.165, 1.54) is 57.8 Å². The van der Waals surface area contributed by atoms with Crippen LogP contribution in [-0.2, 0) is 4.79 Å². The second kappa shape index (κ2) is 5.85. The Morgan fingerprint density at radius 3 is 2.50 bits per heavy atom. The zero-order chi connectivity index (χ0) is 17.1. The Balaban J connectivity index is 1.65. The molecule has 4 rings (SSSR count). The Morgan fingerprint density at radius 2 is 1.75 bits per heavy atom. The third-order valence-electron chi connectivity index (χ3n) is 9.77. The normalized spacial score (nSPS) is 52.3. The zero-order valence-electron chi connectivity index (χ0n) is 16.4. The van der Waals surface area contributed by atoms with Gasteiger partial charge in [-0.2, -0.15) is 0 Å². The summed E-state index contributed by atoms with van der Waals surface area (Å²) >= 11 is 0. The number of carbonyl (C=O) groups is 1. The summed E-state index contributed by atoms with van der Waals surface area (Å²) in [5.74, 6) is 5.20. The fraction of sp³-hybridized carbons (Fsp3) is 0.957. The van der Waals surface area contributed by atoms with Gasteiger partial charge in [-0.05, 0) is 78.9 Å². The molecule has 0 aliphatic heterocycles. The van der Waals surface area contributed by atoms with E-state index >= 15 is 0 Å². The third-order valence-corrected chi connectivity index (χ3v) is 9.77. The molecule has 1 heteroatoms. The maximum Gasteiger partial charge on any atom is 0.136 e. The van der Waals surface area contributed by atoms with Crippen LogP contribution in [0.5, 0.6) is 0 Å². The van der Waals surface area contributed by atoms with Crippen molar-refractivity contribution in [2.75, 3.05) is 0 Å². The molecule has 0 amide bonds. The van der Waals surface area contributed by atoms with Gasteiger partial charge < -0.3 is 0 Å². The van der Waals surface area contributed by atoms with Crippen molar-refractivity contribution in [3.8, 4) is 0 Å². The van der Waals surface area contributed by atoms with E-state index < -0.39 is 0 Å². The summed E-state index contributed by atoms with van der Waals surface area (Å²) in [4.78, 5) is 13.1. The SMILES string of the molecule is CC[C@@H](C)[C@H]1CC[C@H]2[C@@H]3CC(=O)C4CCCC[C@]4(C)[C@H]3CC[C@]12C. The Hall–Kier alpha value is -0.330. The van der Waals surface area contributed by atoms with Crippen LogP contribution in [0.4, 0.5) is 0 Å². The minimum absolute atomic E-state index is 0.341. The minimum Gasteiger partial charge on any atom is -0.299 e. The number of carbonyl (C=O) groups excluding carboxylic acids is 1. The Labute approximate surface area is 149 Å². The van der Waals surface area contributed by atoms with Crippen molar-refractivity contribution in [1.29, 1.82) is 0 Å². The summed E-state index contributed by atoms with van der Waals surface area (Å²) in [6.07, 6.45) is 13.1. The molecule has 4 saturated carbocycles. The molecule has 0 aromatic rings. The van der Waals surface area contributed by atoms with E-state index in [0.29, 0.717) is 28.4 Å². The van der Waals surface area contributed by atoms with Gasteiger partial charge in [0.2, 0.25) is 0 Å². The van der Waals surface area contributed by atoms with Gasteiger partial charge >= 0.3 is 0 Å². The number of ketones is 1. The molecular weight excluding hydrogens is 292 g/mol. The lowest BCUT2D eigenvalue weighted by molar-refractivity contribution is -0.154. The molecule has 0 spiro atoms. The van der Waals surface area contributed by atoms with Crippen molar-refractivity contribution in [2.24, 2.45) is 46.3 Å². The lowest BCUT2D eigenvalue weighted by Crippen LogP contribution is -2.56. The second-order valence-electron chi connectivity index (χ2n) is 10.5. The quantitative estimate of drug-likeness (QED) is 0.584. The number of hydrogen-bond acceptors (Lipinski definition) is 1. The summed E-state index contributed by atoms with van der Waals surface area (Å²) < 4.78 is 0. The summed E-state index contributed by atoms with van der Waals surface area (Å²) in [5.41, 5.74) is 0.864. The molecule has 0 N–H and O–H groups in total. The first-order chi connectivity index (χ1) is 11.4. The summed E-state index contributed by atoms with van der Waals surface area (Å²) in [5, 5.41) is 0. The number of fused-ring (bicyclic) bond motifs is 5. The molecule has 4 aliphatic carbocycles. The average molecular weight is 331 g/mol. The van der Waals surface area contributed by atoms with Gasteiger partial charge in [-0.15, -0.1) is 0 Å². The van der Waals surface area contributed by atoms with Gasteiger partial charge in [0.1, 0.15) is 5.78 Å². The number of Topliss-reactive ketones (excluding diaryl/α,β-unsaturated/α-hetero) is 1. The van der Waals surface area contributed by atoms with Crippen molar-refractivity contribution in [3.05, 3.63) is 0 Å². The first-order valence-electron chi connectivity index (χ1n) is 10.9. The molecular formula is C23H38O. The van der Waals surface area contributed by atoms with Crippen molar-refractivity contribution < 1.29 is 4.79 Å². The maximum absolute atomic E-state index is 13.1. The smallest absolute Gasteiger partial charge is 0.136 e. The van der Waals surface area contributed by atoms with Gasteiger partial charge in [0.05, 0.1) is 0 Å². The predicted molar refractivity (Wildman–Crippen MR) is 99.7 cm³/mol. The van der Waals surface area contributed by atoms with Gasteiger partial charge in [-0.25, -0.2) is 0 Å². The zero-order valence-corrected chi connectivity index (χ0v) is 16.4. The van der Waals surface area contributed by atoms with Crippen molar-refractivity contribution >= 4 is 5.78 Å². The topological polar surface area (TPSA) is 17.1 Å². The van der Waals surface area contributed by atoms with Gasteiger partial charge in [0, 0.05) is 12.3 Å². The molecule has 1 unspecified atom stereocenters. The van der Waals surface area contributed by atoms with Crippen LogP contribution in [0.25, 0.3) is 0 Å². The van der Waals surface area contributed by atoms with E-state index in [-0.39, 0.29) is 0 Å². The monoisotopic (exact) mass is 330 g/mol. The lowest BCUT2D eigenvalue weighted by atomic mass is 9.44. The van der Waals surface area contributed by atoms with E-state index in [2.05, 4.69) is 27.7 Å². The van der Waals surface area contributed by atoms with Crippen LogP contribution >= 0.6 is 0 Å². The molecule has 0 aromatic carbocycles. The predicted octanol–water partition coefficient (Wildman–Crippen LogP) is 6.26. The fourth-order valence-electron chi connectivity index (χ4n) is 8.36. The lowest BCUT2D eigenvalue weighted by Gasteiger charge is -2.60. The fourth-order valence-corrected chi connectivity index (χ4v) is 8.36. The summed E-state index contributed by atoms with van der Waals surface area (Å²) in [6, 6.07) is 0. The molecule has 4 fully saturated rings. The van der Waals surface area contributed by atoms with Crippen molar-refractivity contribution in [2.45, 2.75) is 91.9 Å². The van der Waals surface area contributed by atoms with Crippen LogP contribution in [-0.4, -0.2) is 5.78 Å². The highest BCUT2D eigenvalue weighted by Gasteiger charge is 2.61. The van der Waals surface area contributed by atoms with Gasteiger partial charge in [0.15, 0.2) is 0 Å².